The Balaban J connectivity index is 1.75. The standard InChI is InChI=1S/C26H23N3O3/c1-3-22(21-14-17(30)12-13-25(21)31)28-29-26(32)20-15-24(18-9-5-4-8-16(18)2)27-23-11-7-6-10-19(20)23/h4-15,30-31H,3H2,1-2H3,(H,29,32). The van der Waals surface area contributed by atoms with Gasteiger partial charge in [-0.2, -0.15) is 5.10 Å². The number of pyridine rings is 1. The van der Waals surface area contributed by atoms with Gasteiger partial charge in [-0.25, -0.2) is 10.4 Å². The number of hydrazone groups is 1. The average Bonchev–Trinajstić information content (AvgIpc) is 2.81. The van der Waals surface area contributed by atoms with E-state index in [1.807, 2.05) is 62.4 Å². The fourth-order valence-electron chi connectivity index (χ4n) is 3.62. The molecule has 6 heteroatoms. The van der Waals surface area contributed by atoms with Crippen LogP contribution in [0.5, 0.6) is 11.5 Å². The first kappa shape index (κ1) is 21.1. The molecule has 3 N–H and O–H groups in total. The Bertz CT molecular complexity index is 1350. The van der Waals surface area contributed by atoms with Crippen LogP contribution < -0.4 is 5.43 Å². The van der Waals surface area contributed by atoms with Crippen molar-refractivity contribution in [3.63, 3.8) is 0 Å². The lowest BCUT2D eigenvalue weighted by molar-refractivity contribution is 0.0956. The first-order chi connectivity index (χ1) is 15.5. The van der Waals surface area contributed by atoms with Crippen molar-refractivity contribution in [3.05, 3.63) is 89.5 Å². The number of hydrogen-bond acceptors (Lipinski definition) is 5. The molecule has 1 amide bonds. The molecule has 4 aromatic rings. The molecule has 0 unspecified atom stereocenters. The number of benzene rings is 3. The molecule has 0 aliphatic heterocycles. The number of fused-ring (bicyclic) bond motifs is 1. The average molecular weight is 425 g/mol. The third-order valence-corrected chi connectivity index (χ3v) is 5.30. The van der Waals surface area contributed by atoms with Gasteiger partial charge in [0.2, 0.25) is 0 Å². The Morgan fingerprint density at radius 3 is 2.50 bits per heavy atom. The number of carbonyl (C=O) groups is 1. The molecule has 0 bridgehead atoms. The zero-order chi connectivity index (χ0) is 22.7. The van der Waals surface area contributed by atoms with Crippen molar-refractivity contribution < 1.29 is 15.0 Å². The molecule has 0 spiro atoms. The Labute approximate surface area is 185 Å². The number of phenols is 2. The first-order valence-corrected chi connectivity index (χ1v) is 10.3. The molecule has 0 aliphatic carbocycles. The molecule has 0 radical (unpaired) electrons. The molecule has 4 rings (SSSR count). The fraction of sp³-hybridized carbons (Fsp3) is 0.115. The van der Waals surface area contributed by atoms with Gasteiger partial charge >= 0.3 is 0 Å². The smallest absolute Gasteiger partial charge is 0.272 e. The van der Waals surface area contributed by atoms with Crippen LogP contribution in [0, 0.1) is 6.92 Å². The molecule has 1 heterocycles. The molecular formula is C26H23N3O3. The van der Waals surface area contributed by atoms with Gasteiger partial charge in [-0.1, -0.05) is 49.4 Å². The van der Waals surface area contributed by atoms with Crippen molar-refractivity contribution in [2.75, 3.05) is 0 Å². The molecule has 0 aliphatic rings. The second kappa shape index (κ2) is 8.89. The number of para-hydroxylation sites is 1. The summed E-state index contributed by atoms with van der Waals surface area (Å²) in [7, 11) is 0. The predicted octanol–water partition coefficient (Wildman–Crippen LogP) is 5.17. The minimum absolute atomic E-state index is 0.00766. The molecule has 0 fully saturated rings. The minimum atomic E-state index is -0.385. The monoisotopic (exact) mass is 425 g/mol. The van der Waals surface area contributed by atoms with E-state index in [1.165, 1.54) is 18.2 Å². The highest BCUT2D eigenvalue weighted by Gasteiger charge is 2.15. The summed E-state index contributed by atoms with van der Waals surface area (Å²) in [5.41, 5.74) is 7.31. The van der Waals surface area contributed by atoms with Gasteiger partial charge in [0.15, 0.2) is 0 Å². The maximum Gasteiger partial charge on any atom is 0.272 e. The zero-order valence-corrected chi connectivity index (χ0v) is 17.8. The van der Waals surface area contributed by atoms with Crippen molar-refractivity contribution >= 4 is 22.5 Å². The Hall–Kier alpha value is -4.19. The van der Waals surface area contributed by atoms with Gasteiger partial charge < -0.3 is 10.2 Å². The van der Waals surface area contributed by atoms with Crippen LogP contribution in [0.25, 0.3) is 22.2 Å². The van der Waals surface area contributed by atoms with Crippen LogP contribution in [0.1, 0.15) is 34.8 Å². The highest BCUT2D eigenvalue weighted by Crippen LogP contribution is 2.27. The van der Waals surface area contributed by atoms with Crippen LogP contribution in [-0.2, 0) is 0 Å². The van der Waals surface area contributed by atoms with E-state index in [-0.39, 0.29) is 17.4 Å². The number of aromatic nitrogens is 1. The number of nitrogens with one attached hydrogen (secondary N) is 1. The summed E-state index contributed by atoms with van der Waals surface area (Å²) in [6.07, 6.45) is 0.447. The van der Waals surface area contributed by atoms with E-state index >= 15 is 0 Å². The van der Waals surface area contributed by atoms with Crippen LogP contribution in [0.3, 0.4) is 0 Å². The summed E-state index contributed by atoms with van der Waals surface area (Å²) in [5, 5.41) is 24.9. The molecule has 3 aromatic carbocycles. The van der Waals surface area contributed by atoms with Gasteiger partial charge in [-0.15, -0.1) is 0 Å². The first-order valence-electron chi connectivity index (χ1n) is 10.3. The summed E-state index contributed by atoms with van der Waals surface area (Å²) in [6, 6.07) is 21.3. The molecule has 0 saturated heterocycles. The highest BCUT2D eigenvalue weighted by molar-refractivity contribution is 6.08. The maximum atomic E-state index is 13.2. The fourth-order valence-corrected chi connectivity index (χ4v) is 3.62. The van der Waals surface area contributed by atoms with E-state index in [4.69, 9.17) is 4.98 Å². The largest absolute Gasteiger partial charge is 0.508 e. The lowest BCUT2D eigenvalue weighted by atomic mass is 10.0. The zero-order valence-electron chi connectivity index (χ0n) is 17.8. The van der Waals surface area contributed by atoms with Gasteiger partial charge in [0.1, 0.15) is 11.5 Å². The molecule has 0 saturated carbocycles. The Morgan fingerprint density at radius 2 is 1.72 bits per heavy atom. The third-order valence-electron chi connectivity index (χ3n) is 5.30. The normalized spacial score (nSPS) is 11.5. The summed E-state index contributed by atoms with van der Waals surface area (Å²) in [4.78, 5) is 17.9. The summed E-state index contributed by atoms with van der Waals surface area (Å²) in [6.45, 7) is 3.86. The minimum Gasteiger partial charge on any atom is -0.508 e. The number of nitrogens with zero attached hydrogens (tertiary/aromatic N) is 2. The van der Waals surface area contributed by atoms with E-state index in [2.05, 4.69) is 10.5 Å². The molecule has 1 aromatic heterocycles. The van der Waals surface area contributed by atoms with E-state index in [0.717, 1.165) is 16.5 Å². The number of rotatable bonds is 5. The molecule has 32 heavy (non-hydrogen) atoms. The molecule has 0 atom stereocenters. The highest BCUT2D eigenvalue weighted by atomic mass is 16.3. The number of carbonyl (C=O) groups excluding carboxylic acids is 1. The molecule has 160 valence electrons. The Morgan fingerprint density at radius 1 is 0.969 bits per heavy atom. The number of aryl methyl sites for hydroxylation is 1. The van der Waals surface area contributed by atoms with E-state index in [1.54, 1.807) is 6.07 Å². The van der Waals surface area contributed by atoms with Crippen molar-refractivity contribution in [1.82, 2.24) is 10.4 Å². The number of amides is 1. The SMILES string of the molecule is CCC(=NNC(=O)c1cc(-c2ccccc2C)nc2ccccc12)c1cc(O)ccc1O. The van der Waals surface area contributed by atoms with Crippen molar-refractivity contribution in [3.8, 4) is 22.8 Å². The van der Waals surface area contributed by atoms with Crippen molar-refractivity contribution in [2.24, 2.45) is 5.10 Å². The van der Waals surface area contributed by atoms with Gasteiger partial charge in [-0.3, -0.25) is 4.79 Å². The quantitative estimate of drug-likeness (QED) is 0.234. The second-order valence-corrected chi connectivity index (χ2v) is 7.44. The van der Waals surface area contributed by atoms with Crippen LogP contribution in [0.2, 0.25) is 0 Å². The van der Waals surface area contributed by atoms with E-state index < -0.39 is 0 Å². The molecule has 6 nitrogen and oxygen atoms in total. The van der Waals surface area contributed by atoms with E-state index in [9.17, 15) is 15.0 Å². The molecular weight excluding hydrogens is 402 g/mol. The van der Waals surface area contributed by atoms with E-state index in [0.29, 0.717) is 34.5 Å². The number of phenolic OH excluding ortho intramolecular Hbond substituents is 2. The summed E-state index contributed by atoms with van der Waals surface area (Å²) in [5.74, 6) is -0.397. The van der Waals surface area contributed by atoms with Crippen LogP contribution in [-0.4, -0.2) is 26.8 Å². The third kappa shape index (κ3) is 4.16. The van der Waals surface area contributed by atoms with Gasteiger partial charge in [0, 0.05) is 16.5 Å². The summed E-state index contributed by atoms with van der Waals surface area (Å²) >= 11 is 0. The van der Waals surface area contributed by atoms with Crippen molar-refractivity contribution in [1.29, 1.82) is 0 Å². The van der Waals surface area contributed by atoms with Crippen molar-refractivity contribution in [2.45, 2.75) is 20.3 Å². The van der Waals surface area contributed by atoms with Gasteiger partial charge in [0.05, 0.1) is 22.5 Å². The number of aromatic hydroxyl groups is 2. The van der Waals surface area contributed by atoms with Crippen LogP contribution >= 0.6 is 0 Å². The lowest BCUT2D eigenvalue weighted by Gasteiger charge is -2.11. The van der Waals surface area contributed by atoms with Gasteiger partial charge in [-0.05, 0) is 49.2 Å². The predicted molar refractivity (Wildman–Crippen MR) is 126 cm³/mol. The Kier molecular flexibility index (Phi) is 5.85. The van der Waals surface area contributed by atoms with Gasteiger partial charge in [0.25, 0.3) is 5.91 Å². The van der Waals surface area contributed by atoms with Crippen LogP contribution in [0.4, 0.5) is 0 Å². The maximum absolute atomic E-state index is 13.2. The second-order valence-electron chi connectivity index (χ2n) is 7.44. The van der Waals surface area contributed by atoms with Crippen LogP contribution in [0.15, 0.2) is 77.9 Å². The lowest BCUT2D eigenvalue weighted by Crippen LogP contribution is -2.20. The topological polar surface area (TPSA) is 94.8 Å². The summed E-state index contributed by atoms with van der Waals surface area (Å²) < 4.78 is 0. The number of hydrogen-bond donors (Lipinski definition) is 3.